The molecule has 0 spiro atoms. The second-order valence-electron chi connectivity index (χ2n) is 4.84. The number of rotatable bonds is 4. The van der Waals surface area contributed by atoms with Crippen molar-refractivity contribution in [2.24, 2.45) is 0 Å². The van der Waals surface area contributed by atoms with E-state index < -0.39 is 0 Å². The van der Waals surface area contributed by atoms with Crippen LogP contribution in [0.2, 0.25) is 5.02 Å². The fourth-order valence-corrected chi connectivity index (χ4v) is 4.22. The predicted molar refractivity (Wildman–Crippen MR) is 104 cm³/mol. The zero-order chi connectivity index (χ0) is 17.1. The average Bonchev–Trinajstić information content (AvgIpc) is 3.12. The first-order chi connectivity index (χ1) is 11.5. The highest BCUT2D eigenvalue weighted by Crippen LogP contribution is 2.33. The van der Waals surface area contributed by atoms with Crippen LogP contribution in [-0.4, -0.2) is 27.6 Å². The van der Waals surface area contributed by atoms with Gasteiger partial charge in [-0.3, -0.25) is 14.5 Å². The number of hydrogen-bond donors (Lipinski definition) is 1. The first kappa shape index (κ1) is 17.2. The van der Waals surface area contributed by atoms with Crippen molar-refractivity contribution in [3.8, 4) is 0 Å². The van der Waals surface area contributed by atoms with Crippen LogP contribution in [0.1, 0.15) is 4.88 Å². The first-order valence-corrected chi connectivity index (χ1v) is 9.35. The van der Waals surface area contributed by atoms with Crippen molar-refractivity contribution in [3.05, 3.63) is 56.6 Å². The molecular weight excluding hydrogens is 384 g/mol. The Morgan fingerprint density at radius 3 is 2.88 bits per heavy atom. The standard InChI is InChI=1S/C16H11ClN2O2S3/c17-10-3-1-4-11(7-10)18-14(20)9-19-15(21)13(24-16(19)22)8-12-5-2-6-23-12/h1-8H,9H2,(H,18,20)/b13-8-. The lowest BCUT2D eigenvalue weighted by atomic mass is 10.3. The fraction of sp³-hybridized carbons (Fsp3) is 0.0625. The van der Waals surface area contributed by atoms with Gasteiger partial charge in [0, 0.05) is 15.6 Å². The monoisotopic (exact) mass is 394 g/mol. The number of thioether (sulfide) groups is 1. The van der Waals surface area contributed by atoms with E-state index in [4.69, 9.17) is 23.8 Å². The molecule has 1 aromatic carbocycles. The van der Waals surface area contributed by atoms with E-state index in [2.05, 4.69) is 5.32 Å². The third-order valence-electron chi connectivity index (χ3n) is 3.10. The molecular formula is C16H11ClN2O2S3. The summed E-state index contributed by atoms with van der Waals surface area (Å²) in [5.41, 5.74) is 0.576. The molecule has 0 aliphatic carbocycles. The maximum Gasteiger partial charge on any atom is 0.266 e. The minimum Gasteiger partial charge on any atom is -0.324 e. The topological polar surface area (TPSA) is 49.4 Å². The number of amides is 2. The Kier molecular flexibility index (Phi) is 5.35. The number of carbonyl (C=O) groups is 2. The minimum absolute atomic E-state index is 0.126. The Hall–Kier alpha value is -1.67. The molecule has 0 saturated carbocycles. The highest BCUT2D eigenvalue weighted by molar-refractivity contribution is 8.26. The zero-order valence-electron chi connectivity index (χ0n) is 12.2. The van der Waals surface area contributed by atoms with Crippen LogP contribution >= 0.6 is 46.9 Å². The number of nitrogens with zero attached hydrogens (tertiary/aromatic N) is 1. The van der Waals surface area contributed by atoms with E-state index in [-0.39, 0.29) is 18.4 Å². The Morgan fingerprint density at radius 1 is 1.33 bits per heavy atom. The molecule has 1 aliphatic rings. The molecule has 0 unspecified atom stereocenters. The van der Waals surface area contributed by atoms with E-state index in [0.717, 1.165) is 4.88 Å². The summed E-state index contributed by atoms with van der Waals surface area (Å²) in [5.74, 6) is -0.578. The van der Waals surface area contributed by atoms with Crippen molar-refractivity contribution in [1.82, 2.24) is 4.90 Å². The highest BCUT2D eigenvalue weighted by Gasteiger charge is 2.33. The van der Waals surface area contributed by atoms with Gasteiger partial charge < -0.3 is 5.32 Å². The lowest BCUT2D eigenvalue weighted by Crippen LogP contribution is -2.36. The molecule has 1 N–H and O–H groups in total. The molecule has 2 aromatic rings. The van der Waals surface area contributed by atoms with Gasteiger partial charge in [-0.25, -0.2) is 0 Å². The molecule has 3 rings (SSSR count). The smallest absolute Gasteiger partial charge is 0.266 e. The lowest BCUT2D eigenvalue weighted by Gasteiger charge is -2.14. The number of benzene rings is 1. The number of anilines is 1. The second kappa shape index (κ2) is 7.48. The zero-order valence-corrected chi connectivity index (χ0v) is 15.4. The normalized spacial score (nSPS) is 16.0. The lowest BCUT2D eigenvalue weighted by molar-refractivity contribution is -0.126. The van der Waals surface area contributed by atoms with Gasteiger partial charge in [-0.2, -0.15) is 0 Å². The fourth-order valence-electron chi connectivity index (χ4n) is 2.05. The third-order valence-corrected chi connectivity index (χ3v) is 5.53. The molecule has 2 heterocycles. The van der Waals surface area contributed by atoms with E-state index in [1.807, 2.05) is 17.5 Å². The number of thiocarbonyl (C=S) groups is 1. The van der Waals surface area contributed by atoms with E-state index >= 15 is 0 Å². The summed E-state index contributed by atoms with van der Waals surface area (Å²) in [6.07, 6.45) is 1.79. The van der Waals surface area contributed by atoms with Crippen LogP contribution in [0.4, 0.5) is 5.69 Å². The van der Waals surface area contributed by atoms with Crippen LogP contribution in [-0.2, 0) is 9.59 Å². The van der Waals surface area contributed by atoms with Gasteiger partial charge in [-0.05, 0) is 35.7 Å². The van der Waals surface area contributed by atoms with Crippen LogP contribution in [0.5, 0.6) is 0 Å². The van der Waals surface area contributed by atoms with Gasteiger partial charge in [0.2, 0.25) is 5.91 Å². The molecule has 2 amide bonds. The number of thiophene rings is 1. The molecule has 1 aromatic heterocycles. The molecule has 1 saturated heterocycles. The molecule has 24 heavy (non-hydrogen) atoms. The summed E-state index contributed by atoms with van der Waals surface area (Å²) in [5, 5.41) is 5.17. The Bertz CT molecular complexity index is 834. The summed E-state index contributed by atoms with van der Waals surface area (Å²) >= 11 is 13.8. The molecule has 0 radical (unpaired) electrons. The summed E-state index contributed by atoms with van der Waals surface area (Å²) in [7, 11) is 0. The van der Waals surface area contributed by atoms with Gasteiger partial charge in [0.1, 0.15) is 10.9 Å². The van der Waals surface area contributed by atoms with Crippen LogP contribution in [0.25, 0.3) is 6.08 Å². The van der Waals surface area contributed by atoms with Crippen LogP contribution < -0.4 is 5.32 Å². The molecule has 4 nitrogen and oxygen atoms in total. The van der Waals surface area contributed by atoms with E-state index in [0.29, 0.717) is 19.9 Å². The summed E-state index contributed by atoms with van der Waals surface area (Å²) in [6.45, 7) is -0.126. The summed E-state index contributed by atoms with van der Waals surface area (Å²) in [4.78, 5) is 27.4. The number of carbonyl (C=O) groups excluding carboxylic acids is 2. The van der Waals surface area contributed by atoms with Gasteiger partial charge in [-0.15, -0.1) is 11.3 Å². The Morgan fingerprint density at radius 2 is 2.17 bits per heavy atom. The third kappa shape index (κ3) is 4.05. The van der Waals surface area contributed by atoms with Crippen LogP contribution in [0.3, 0.4) is 0 Å². The SMILES string of the molecule is O=C(CN1C(=O)/C(=C/c2cccs2)SC1=S)Nc1cccc(Cl)c1. The van der Waals surface area contributed by atoms with Crippen LogP contribution in [0, 0.1) is 0 Å². The van der Waals surface area contributed by atoms with Crippen LogP contribution in [0.15, 0.2) is 46.7 Å². The first-order valence-electron chi connectivity index (χ1n) is 6.87. The quantitative estimate of drug-likeness (QED) is 0.622. The van der Waals surface area contributed by atoms with Gasteiger partial charge in [-0.1, -0.05) is 47.7 Å². The Balaban J connectivity index is 1.67. The molecule has 0 atom stereocenters. The van der Waals surface area contributed by atoms with Crippen molar-refractivity contribution < 1.29 is 9.59 Å². The molecule has 8 heteroatoms. The number of hydrogen-bond acceptors (Lipinski definition) is 5. The maximum absolute atomic E-state index is 12.4. The van der Waals surface area contributed by atoms with E-state index in [1.54, 1.807) is 30.3 Å². The van der Waals surface area contributed by atoms with Gasteiger partial charge >= 0.3 is 0 Å². The van der Waals surface area contributed by atoms with Gasteiger partial charge in [0.05, 0.1) is 4.91 Å². The maximum atomic E-state index is 12.4. The molecule has 1 aliphatic heterocycles. The second-order valence-corrected chi connectivity index (χ2v) is 7.93. The van der Waals surface area contributed by atoms with Crippen molar-refractivity contribution in [2.75, 3.05) is 11.9 Å². The molecule has 0 bridgehead atoms. The van der Waals surface area contributed by atoms with Gasteiger partial charge in [0.15, 0.2) is 0 Å². The minimum atomic E-state index is -0.328. The Labute approximate surface area is 157 Å². The highest BCUT2D eigenvalue weighted by atomic mass is 35.5. The number of halogens is 1. The average molecular weight is 395 g/mol. The van der Waals surface area contributed by atoms with E-state index in [1.165, 1.54) is 28.0 Å². The molecule has 1 fully saturated rings. The summed E-state index contributed by atoms with van der Waals surface area (Å²) < 4.78 is 0.379. The van der Waals surface area contributed by atoms with Crippen molar-refractivity contribution in [2.45, 2.75) is 0 Å². The summed E-state index contributed by atoms with van der Waals surface area (Å²) in [6, 6.07) is 10.7. The number of nitrogens with one attached hydrogen (secondary N) is 1. The largest absolute Gasteiger partial charge is 0.324 e. The predicted octanol–water partition coefficient (Wildman–Crippen LogP) is 4.24. The van der Waals surface area contributed by atoms with Gasteiger partial charge in [0.25, 0.3) is 5.91 Å². The molecule has 122 valence electrons. The van der Waals surface area contributed by atoms with Crippen molar-refractivity contribution >= 4 is 74.8 Å². The van der Waals surface area contributed by atoms with Crippen molar-refractivity contribution in [3.63, 3.8) is 0 Å². The van der Waals surface area contributed by atoms with E-state index in [9.17, 15) is 9.59 Å². The van der Waals surface area contributed by atoms with Crippen molar-refractivity contribution in [1.29, 1.82) is 0 Å².